The minimum atomic E-state index is -3.86. The molecule has 12 heteroatoms. The largest absolute Gasteiger partial charge is 0.348 e. The summed E-state index contributed by atoms with van der Waals surface area (Å²) in [5.41, 5.74) is 10.2. The predicted molar refractivity (Wildman–Crippen MR) is 229 cm³/mol. The molecule has 4 aromatic heterocycles. The van der Waals surface area contributed by atoms with Crippen molar-refractivity contribution in [2.45, 2.75) is 103 Å². The number of fused-ring (bicyclic) bond motifs is 1. The number of nitrogens with zero attached hydrogens (tertiary/aromatic N) is 5. The third-order valence-electron chi connectivity index (χ3n) is 11.4. The average molecular weight is 799 g/mol. The van der Waals surface area contributed by atoms with Crippen molar-refractivity contribution in [1.82, 2.24) is 39.9 Å². The molecule has 0 unspecified atom stereocenters. The Bertz CT molecular complexity index is 2460. The third-order valence-corrected chi connectivity index (χ3v) is 12.8. The van der Waals surface area contributed by atoms with E-state index in [2.05, 4.69) is 76.6 Å². The lowest BCUT2D eigenvalue weighted by molar-refractivity contribution is 0.0744. The van der Waals surface area contributed by atoms with Crippen LogP contribution in [0.15, 0.2) is 96.5 Å². The van der Waals surface area contributed by atoms with Crippen LogP contribution in [0.2, 0.25) is 0 Å². The molecule has 1 saturated heterocycles. The van der Waals surface area contributed by atoms with Crippen LogP contribution in [-0.4, -0.2) is 57.2 Å². The number of nitrogens with one attached hydrogen (secondary N) is 3. The number of aryl methyl sites for hydroxylation is 3. The minimum absolute atomic E-state index is 0.0149. The Morgan fingerprint density at radius 1 is 0.828 bits per heavy atom. The molecule has 7 rings (SSSR count). The Labute approximate surface area is 342 Å². The van der Waals surface area contributed by atoms with E-state index in [-0.39, 0.29) is 28.4 Å². The van der Waals surface area contributed by atoms with Gasteiger partial charge in [0.1, 0.15) is 17.0 Å². The van der Waals surface area contributed by atoms with Crippen LogP contribution in [0, 0.1) is 20.8 Å². The summed E-state index contributed by atoms with van der Waals surface area (Å²) >= 11 is 0. The molecule has 58 heavy (non-hydrogen) atoms. The number of H-pyrrole nitrogens is 1. The van der Waals surface area contributed by atoms with Gasteiger partial charge in [-0.1, -0.05) is 57.2 Å². The van der Waals surface area contributed by atoms with E-state index >= 15 is 0 Å². The number of rotatable bonds is 13. The normalized spacial score (nSPS) is 16.4. The van der Waals surface area contributed by atoms with Crippen LogP contribution < -0.4 is 10.0 Å². The lowest BCUT2D eigenvalue weighted by Crippen LogP contribution is -2.38. The highest BCUT2D eigenvalue weighted by molar-refractivity contribution is 7.89. The summed E-state index contributed by atoms with van der Waals surface area (Å²) in [5, 5.41) is 3.69. The molecule has 0 bridgehead atoms. The van der Waals surface area contributed by atoms with Gasteiger partial charge >= 0.3 is 0 Å². The van der Waals surface area contributed by atoms with Crippen molar-refractivity contribution in [1.29, 1.82) is 0 Å². The van der Waals surface area contributed by atoms with Crippen LogP contribution in [0.5, 0.6) is 0 Å². The number of aromatic nitrogens is 5. The Kier molecular flexibility index (Phi) is 12.2. The van der Waals surface area contributed by atoms with Crippen molar-refractivity contribution in [2.24, 2.45) is 0 Å². The van der Waals surface area contributed by atoms with Crippen LogP contribution in [-0.2, 0) is 22.0 Å². The summed E-state index contributed by atoms with van der Waals surface area (Å²) in [6, 6.07) is 23.8. The number of amides is 1. The molecular weight excluding hydrogens is 745 g/mol. The van der Waals surface area contributed by atoms with Crippen molar-refractivity contribution in [2.75, 3.05) is 13.1 Å². The molecule has 2 aromatic carbocycles. The number of carbonyl (C=O) groups is 1. The van der Waals surface area contributed by atoms with Gasteiger partial charge in [-0.3, -0.25) is 19.7 Å². The highest BCUT2D eigenvalue weighted by Crippen LogP contribution is 2.42. The molecule has 11 nitrogen and oxygen atoms in total. The number of hydrogen-bond acceptors (Lipinski definition) is 8. The van der Waals surface area contributed by atoms with Crippen molar-refractivity contribution in [3.63, 3.8) is 0 Å². The molecule has 302 valence electrons. The molecule has 0 radical (unpaired) electrons. The number of hydrogen-bond donors (Lipinski definition) is 3. The molecule has 5 heterocycles. The summed E-state index contributed by atoms with van der Waals surface area (Å²) in [7, 11) is -3.86. The van der Waals surface area contributed by atoms with Crippen LogP contribution in [0.25, 0.3) is 22.3 Å². The second-order valence-corrected chi connectivity index (χ2v) is 18.2. The van der Waals surface area contributed by atoms with Crippen LogP contribution >= 0.6 is 0 Å². The van der Waals surface area contributed by atoms with Gasteiger partial charge in [0.05, 0.1) is 29.2 Å². The monoisotopic (exact) mass is 798 g/mol. The first-order valence-corrected chi connectivity index (χ1v) is 21.7. The molecule has 0 saturated carbocycles. The van der Waals surface area contributed by atoms with E-state index in [0.29, 0.717) is 41.8 Å². The van der Waals surface area contributed by atoms with E-state index < -0.39 is 10.0 Å². The van der Waals surface area contributed by atoms with Crippen LogP contribution in [0.3, 0.4) is 0 Å². The molecule has 3 N–H and O–H groups in total. The fourth-order valence-corrected chi connectivity index (χ4v) is 9.15. The first-order valence-electron chi connectivity index (χ1n) is 20.2. The van der Waals surface area contributed by atoms with E-state index in [0.717, 1.165) is 60.3 Å². The number of piperidine rings is 1. The van der Waals surface area contributed by atoms with Crippen molar-refractivity contribution in [3.05, 3.63) is 136 Å². The first-order chi connectivity index (χ1) is 27.8. The Hall–Kier alpha value is -5.30. The zero-order chi connectivity index (χ0) is 41.0. The molecule has 0 spiro atoms. The van der Waals surface area contributed by atoms with Crippen LogP contribution in [0.4, 0.5) is 0 Å². The number of sulfonamides is 1. The predicted octanol–water partition coefficient (Wildman–Crippen LogP) is 8.59. The zero-order valence-electron chi connectivity index (χ0n) is 34.3. The molecular formula is C46H54N8O3S. The fraction of sp³-hybridized carbons (Fsp3) is 0.370. The highest BCUT2D eigenvalue weighted by Gasteiger charge is 2.35. The van der Waals surface area contributed by atoms with Gasteiger partial charge < -0.3 is 10.3 Å². The molecule has 1 aliphatic rings. The summed E-state index contributed by atoms with van der Waals surface area (Å²) in [6.45, 7) is 14.1. The second kappa shape index (κ2) is 17.3. The zero-order valence-corrected chi connectivity index (χ0v) is 35.2. The van der Waals surface area contributed by atoms with Crippen molar-refractivity contribution < 1.29 is 13.2 Å². The third kappa shape index (κ3) is 9.04. The van der Waals surface area contributed by atoms with E-state index in [1.54, 1.807) is 6.07 Å². The number of likely N-dealkylation sites (tertiary alicyclic amines) is 1. The Morgan fingerprint density at radius 2 is 1.50 bits per heavy atom. The van der Waals surface area contributed by atoms with Gasteiger partial charge in [0.15, 0.2) is 0 Å². The van der Waals surface area contributed by atoms with E-state index in [4.69, 9.17) is 9.97 Å². The van der Waals surface area contributed by atoms with Gasteiger partial charge in [-0.15, -0.1) is 0 Å². The number of carbonyl (C=O) groups excluding carboxylic acids is 1. The maximum Gasteiger partial charge on any atom is 0.256 e. The molecule has 6 aromatic rings. The number of pyridine rings is 2. The maximum atomic E-state index is 13.6. The standard InChI is InChI=1S/C46H54N8O3S/c1-30-12-10-22-47-41(30)38-14-9-15-39(42-31(2)13-11-23-48-42)54(38)25-8-7-24-52-58(56,57)40-27-37-43(50-29-51-44(37)53-40)34-16-17-35(32(3)26-34)28-49-45(55)33-18-20-36(21-19-33)46(4,5)6/h10-13,16-23,26-27,29,38-39,52H,7-9,14-15,24-25,28H2,1-6H3,(H,49,55)(H,50,51,53)/t38-,39+. The van der Waals surface area contributed by atoms with Crippen molar-refractivity contribution in [3.8, 4) is 11.3 Å². The SMILES string of the molecule is Cc1cc(-c2ncnc3[nH]c(S(=O)(=O)NCCCCN4[C@@H](c5ncccc5C)CCC[C@H]4c4ncccc4C)cc23)ccc1CNC(=O)c1ccc(C(C)(C)C)cc1. The molecule has 1 amide bonds. The maximum absolute atomic E-state index is 13.6. The summed E-state index contributed by atoms with van der Waals surface area (Å²) < 4.78 is 30.0. The minimum Gasteiger partial charge on any atom is -0.348 e. The average Bonchev–Trinajstić information content (AvgIpc) is 3.67. The smallest absolute Gasteiger partial charge is 0.256 e. The summed E-state index contributed by atoms with van der Waals surface area (Å²) in [5.74, 6) is -0.133. The topological polar surface area (TPSA) is 146 Å². The number of aromatic amines is 1. The Balaban J connectivity index is 0.992. The summed E-state index contributed by atoms with van der Waals surface area (Å²) in [4.78, 5) is 37.0. The van der Waals surface area contributed by atoms with Gasteiger partial charge in [-0.05, 0) is 129 Å². The number of benzene rings is 2. The second-order valence-electron chi connectivity index (χ2n) is 16.5. The molecule has 0 aliphatic carbocycles. The van der Waals surface area contributed by atoms with E-state index in [1.165, 1.54) is 23.0 Å². The summed E-state index contributed by atoms with van der Waals surface area (Å²) in [6.07, 6.45) is 9.79. The van der Waals surface area contributed by atoms with Gasteiger partial charge in [0, 0.05) is 42.0 Å². The number of unbranched alkanes of at least 4 members (excludes halogenated alkanes) is 1. The van der Waals surface area contributed by atoms with Gasteiger partial charge in [0.25, 0.3) is 15.9 Å². The molecule has 1 fully saturated rings. The lowest BCUT2D eigenvalue weighted by atomic mass is 9.87. The van der Waals surface area contributed by atoms with Gasteiger partial charge in [-0.2, -0.15) is 0 Å². The molecule has 1 aliphatic heterocycles. The quantitative estimate of drug-likeness (QED) is 0.0986. The van der Waals surface area contributed by atoms with Crippen LogP contribution in [0.1, 0.15) is 115 Å². The van der Waals surface area contributed by atoms with E-state index in [9.17, 15) is 13.2 Å². The lowest BCUT2D eigenvalue weighted by Gasteiger charge is -2.42. The van der Waals surface area contributed by atoms with Gasteiger partial charge in [-0.25, -0.2) is 23.1 Å². The van der Waals surface area contributed by atoms with E-state index in [1.807, 2.05) is 73.9 Å². The fourth-order valence-electron chi connectivity index (χ4n) is 8.08. The Morgan fingerprint density at radius 3 is 2.12 bits per heavy atom. The molecule has 2 atom stereocenters. The highest BCUT2D eigenvalue weighted by atomic mass is 32.2. The first kappa shape index (κ1) is 40.9. The van der Waals surface area contributed by atoms with Crippen molar-refractivity contribution >= 4 is 27.0 Å². The van der Waals surface area contributed by atoms with Gasteiger partial charge in [0.2, 0.25) is 0 Å².